The van der Waals surface area contributed by atoms with Crippen LogP contribution in [0.2, 0.25) is 0 Å². The number of rotatable bonds is 5. The fraction of sp³-hybridized carbons (Fsp3) is 0.750. The number of fused-ring (bicyclic) bond motifs is 1. The normalized spacial score (nSPS) is 21.7. The van der Waals surface area contributed by atoms with Gasteiger partial charge in [-0.3, -0.25) is 9.69 Å². The van der Waals surface area contributed by atoms with Gasteiger partial charge in [0, 0.05) is 25.7 Å². The van der Waals surface area contributed by atoms with Crippen molar-refractivity contribution in [1.29, 1.82) is 0 Å². The van der Waals surface area contributed by atoms with Gasteiger partial charge in [-0.25, -0.2) is 4.98 Å². The highest BCUT2D eigenvalue weighted by Crippen LogP contribution is 2.49. The van der Waals surface area contributed by atoms with E-state index in [4.69, 9.17) is 0 Å². The lowest BCUT2D eigenvalue weighted by atomic mass is 9.94. The first-order chi connectivity index (χ1) is 10.0. The highest BCUT2D eigenvalue weighted by molar-refractivity contribution is 5.93. The maximum atomic E-state index is 12.6. The number of carbonyl (C=O) groups is 1. The van der Waals surface area contributed by atoms with Crippen molar-refractivity contribution in [3.63, 3.8) is 0 Å². The van der Waals surface area contributed by atoms with Crippen LogP contribution in [0.5, 0.6) is 0 Å². The van der Waals surface area contributed by atoms with Gasteiger partial charge in [-0.1, -0.05) is 20.3 Å². The number of nitrogens with one attached hydrogen (secondary N) is 1. The number of nitrogens with zero attached hydrogens (tertiary/aromatic N) is 3. The van der Waals surface area contributed by atoms with Crippen molar-refractivity contribution < 1.29 is 4.79 Å². The molecular weight excluding hydrogens is 264 g/mol. The molecule has 1 aromatic heterocycles. The van der Waals surface area contributed by atoms with E-state index < -0.39 is 0 Å². The van der Waals surface area contributed by atoms with Crippen LogP contribution in [0.3, 0.4) is 0 Å². The number of hydrogen-bond donors (Lipinski definition) is 1. The molecule has 0 bridgehead atoms. The fourth-order valence-corrected chi connectivity index (χ4v) is 3.22. The molecule has 5 nitrogen and oxygen atoms in total. The average Bonchev–Trinajstić information content (AvgIpc) is 3.06. The lowest BCUT2D eigenvalue weighted by Crippen LogP contribution is -2.41. The van der Waals surface area contributed by atoms with Crippen LogP contribution in [0.1, 0.15) is 55.7 Å². The van der Waals surface area contributed by atoms with E-state index in [0.29, 0.717) is 11.1 Å². The van der Waals surface area contributed by atoms with Gasteiger partial charge in [0.25, 0.3) is 5.91 Å². The van der Waals surface area contributed by atoms with Gasteiger partial charge in [0.05, 0.1) is 12.0 Å². The molecule has 2 aliphatic rings. The summed E-state index contributed by atoms with van der Waals surface area (Å²) in [5.74, 6) is 0.00521. The molecule has 1 atom stereocenters. The highest BCUT2D eigenvalue weighted by Gasteiger charge is 2.45. The average molecular weight is 290 g/mol. The molecule has 1 fully saturated rings. The first kappa shape index (κ1) is 14.6. The fourth-order valence-electron chi connectivity index (χ4n) is 3.22. The van der Waals surface area contributed by atoms with Gasteiger partial charge in [0.15, 0.2) is 5.69 Å². The Morgan fingerprint density at radius 1 is 1.48 bits per heavy atom. The van der Waals surface area contributed by atoms with Crippen molar-refractivity contribution in [2.75, 3.05) is 13.6 Å². The minimum absolute atomic E-state index is 0.00521. The molecule has 1 aromatic rings. The molecule has 5 heteroatoms. The van der Waals surface area contributed by atoms with E-state index >= 15 is 0 Å². The van der Waals surface area contributed by atoms with E-state index in [1.165, 1.54) is 12.8 Å². The van der Waals surface area contributed by atoms with Gasteiger partial charge in [-0.15, -0.1) is 0 Å². The van der Waals surface area contributed by atoms with E-state index in [9.17, 15) is 4.79 Å². The molecule has 0 saturated heterocycles. The molecule has 1 aliphatic carbocycles. The van der Waals surface area contributed by atoms with Crippen LogP contribution in [0.4, 0.5) is 0 Å². The quantitative estimate of drug-likeness (QED) is 0.902. The number of carbonyl (C=O) groups excluding carboxylic acids is 1. The van der Waals surface area contributed by atoms with Crippen LogP contribution >= 0.6 is 0 Å². The summed E-state index contributed by atoms with van der Waals surface area (Å²) in [6.07, 6.45) is 6.41. The van der Waals surface area contributed by atoms with E-state index in [-0.39, 0.29) is 11.9 Å². The molecule has 0 aromatic carbocycles. The van der Waals surface area contributed by atoms with Crippen LogP contribution in [0.15, 0.2) is 6.33 Å². The Morgan fingerprint density at radius 2 is 2.24 bits per heavy atom. The summed E-state index contributed by atoms with van der Waals surface area (Å²) in [5.41, 5.74) is 1.98. The Hall–Kier alpha value is -1.36. The van der Waals surface area contributed by atoms with Gasteiger partial charge >= 0.3 is 0 Å². The number of imidazole rings is 1. The molecule has 1 amide bonds. The second-order valence-electron chi connectivity index (χ2n) is 6.94. The summed E-state index contributed by atoms with van der Waals surface area (Å²) in [5, 5.41) is 3.25. The summed E-state index contributed by atoms with van der Waals surface area (Å²) in [6.45, 7) is 7.20. The van der Waals surface area contributed by atoms with Crippen LogP contribution < -0.4 is 5.32 Å². The molecule has 0 spiro atoms. The Labute approximate surface area is 126 Å². The zero-order valence-corrected chi connectivity index (χ0v) is 13.4. The van der Waals surface area contributed by atoms with E-state index in [0.717, 1.165) is 38.2 Å². The second-order valence-corrected chi connectivity index (χ2v) is 6.94. The smallest absolute Gasteiger partial charge is 0.272 e. The Morgan fingerprint density at radius 3 is 2.90 bits per heavy atom. The predicted octanol–water partition coefficient (Wildman–Crippen LogP) is 2.03. The number of hydrogen-bond acceptors (Lipinski definition) is 3. The predicted molar refractivity (Wildman–Crippen MR) is 82.1 cm³/mol. The summed E-state index contributed by atoms with van der Waals surface area (Å²) >= 11 is 0. The van der Waals surface area contributed by atoms with Crippen LogP contribution in [-0.4, -0.2) is 40.0 Å². The van der Waals surface area contributed by atoms with Gasteiger partial charge in [-0.2, -0.15) is 0 Å². The molecule has 0 radical (unpaired) electrons. The van der Waals surface area contributed by atoms with Crippen LogP contribution in [0.25, 0.3) is 0 Å². The molecule has 2 heterocycles. The SMILES string of the molecule is CCCC(NC(=O)c1ncn2c1CN(C)CC2)C1(C)CC1. The van der Waals surface area contributed by atoms with Crippen molar-refractivity contribution in [2.24, 2.45) is 5.41 Å². The van der Waals surface area contributed by atoms with Crippen LogP contribution in [0, 0.1) is 5.41 Å². The standard InChI is InChI=1S/C16H26N4O/c1-4-5-13(16(2)6-7-16)18-15(21)14-12-10-19(3)8-9-20(12)11-17-14/h11,13H,4-10H2,1-3H3,(H,18,21). The second kappa shape index (κ2) is 5.44. The van der Waals surface area contributed by atoms with Crippen molar-refractivity contribution >= 4 is 5.91 Å². The summed E-state index contributed by atoms with van der Waals surface area (Å²) in [6, 6.07) is 0.286. The van der Waals surface area contributed by atoms with E-state index in [1.54, 1.807) is 0 Å². The Kier molecular flexibility index (Phi) is 3.78. The molecular formula is C16H26N4O. The molecule has 1 N–H and O–H groups in total. The third-order valence-corrected chi connectivity index (χ3v) is 5.07. The topological polar surface area (TPSA) is 50.2 Å². The van der Waals surface area contributed by atoms with Gasteiger partial charge in [-0.05, 0) is 31.7 Å². The minimum atomic E-state index is 0.00521. The summed E-state index contributed by atoms with van der Waals surface area (Å²) < 4.78 is 2.11. The maximum absolute atomic E-state index is 12.6. The molecule has 1 aliphatic heterocycles. The molecule has 3 rings (SSSR count). The maximum Gasteiger partial charge on any atom is 0.272 e. The molecule has 116 valence electrons. The number of amides is 1. The lowest BCUT2D eigenvalue weighted by molar-refractivity contribution is 0.0908. The minimum Gasteiger partial charge on any atom is -0.347 e. The van der Waals surface area contributed by atoms with Gasteiger partial charge < -0.3 is 9.88 Å². The van der Waals surface area contributed by atoms with E-state index in [2.05, 4.69) is 40.7 Å². The Balaban J connectivity index is 1.75. The highest BCUT2D eigenvalue weighted by atomic mass is 16.2. The zero-order chi connectivity index (χ0) is 15.0. The number of likely N-dealkylation sites (N-methyl/N-ethyl adjacent to an activating group) is 1. The monoisotopic (exact) mass is 290 g/mol. The first-order valence-electron chi connectivity index (χ1n) is 8.07. The Bertz CT molecular complexity index is 532. The first-order valence-corrected chi connectivity index (χ1v) is 8.07. The summed E-state index contributed by atoms with van der Waals surface area (Å²) in [7, 11) is 2.09. The lowest BCUT2D eigenvalue weighted by Gasteiger charge is -2.26. The third-order valence-electron chi connectivity index (χ3n) is 5.07. The third kappa shape index (κ3) is 2.84. The van der Waals surface area contributed by atoms with Gasteiger partial charge in [0.1, 0.15) is 0 Å². The zero-order valence-electron chi connectivity index (χ0n) is 13.4. The summed E-state index contributed by atoms with van der Waals surface area (Å²) in [4.78, 5) is 19.2. The molecule has 1 unspecified atom stereocenters. The largest absolute Gasteiger partial charge is 0.347 e. The molecule has 1 saturated carbocycles. The van der Waals surface area contributed by atoms with Crippen molar-refractivity contribution in [3.8, 4) is 0 Å². The van der Waals surface area contributed by atoms with Gasteiger partial charge in [0.2, 0.25) is 0 Å². The van der Waals surface area contributed by atoms with Crippen molar-refractivity contribution in [2.45, 2.75) is 58.7 Å². The van der Waals surface area contributed by atoms with Crippen molar-refractivity contribution in [1.82, 2.24) is 19.8 Å². The van der Waals surface area contributed by atoms with Crippen LogP contribution in [-0.2, 0) is 13.1 Å². The number of aromatic nitrogens is 2. The van der Waals surface area contributed by atoms with Crippen molar-refractivity contribution in [3.05, 3.63) is 17.7 Å². The van der Waals surface area contributed by atoms with E-state index in [1.807, 2.05) is 6.33 Å². The molecule has 21 heavy (non-hydrogen) atoms.